The summed E-state index contributed by atoms with van der Waals surface area (Å²) >= 11 is 0. The Bertz CT molecular complexity index is 661. The van der Waals surface area contributed by atoms with Crippen molar-refractivity contribution in [2.24, 2.45) is 5.92 Å². The largest absolute Gasteiger partial charge is 0.494 e. The lowest BCUT2D eigenvalue weighted by Gasteiger charge is -2.37. The van der Waals surface area contributed by atoms with Crippen LogP contribution >= 0.6 is 0 Å². The average Bonchev–Trinajstić information content (AvgIpc) is 2.85. The Morgan fingerprint density at radius 3 is 2.65 bits per heavy atom. The number of nitrogens with zero attached hydrogens (tertiary/aromatic N) is 2. The highest BCUT2D eigenvalue weighted by Crippen LogP contribution is 2.38. The zero-order valence-corrected chi connectivity index (χ0v) is 16.0. The van der Waals surface area contributed by atoms with Crippen LogP contribution < -0.4 is 10.1 Å². The molecule has 142 valence electrons. The Labute approximate surface area is 155 Å². The molecule has 2 atom stereocenters. The smallest absolute Gasteiger partial charge is 0.326 e. The minimum atomic E-state index is -0.685. The fourth-order valence-electron chi connectivity index (χ4n) is 4.08. The van der Waals surface area contributed by atoms with Crippen molar-refractivity contribution >= 4 is 11.9 Å². The number of hydrogen-bond acceptors (Lipinski definition) is 4. The third-order valence-electron chi connectivity index (χ3n) is 5.57. The summed E-state index contributed by atoms with van der Waals surface area (Å²) in [6, 6.07) is 7.65. The maximum atomic E-state index is 13.0. The van der Waals surface area contributed by atoms with Crippen LogP contribution in [-0.2, 0) is 11.3 Å². The van der Waals surface area contributed by atoms with E-state index in [1.54, 1.807) is 0 Å². The van der Waals surface area contributed by atoms with Gasteiger partial charge in [0.05, 0.1) is 13.3 Å². The second-order valence-electron chi connectivity index (χ2n) is 7.51. The third kappa shape index (κ3) is 3.56. The van der Waals surface area contributed by atoms with E-state index in [1.807, 2.05) is 43.1 Å². The number of carbonyl (C=O) groups is 2. The summed E-state index contributed by atoms with van der Waals surface area (Å²) in [5.74, 6) is 0.976. The Hall–Kier alpha value is -2.08. The number of benzene rings is 1. The summed E-state index contributed by atoms with van der Waals surface area (Å²) in [6.45, 7) is 5.63. The van der Waals surface area contributed by atoms with Gasteiger partial charge in [0, 0.05) is 6.54 Å². The molecule has 3 amide bonds. The fourth-order valence-corrected chi connectivity index (χ4v) is 4.08. The summed E-state index contributed by atoms with van der Waals surface area (Å²) in [5.41, 5.74) is 0.429. The average molecular weight is 359 g/mol. The number of ether oxygens (including phenoxy) is 1. The van der Waals surface area contributed by atoms with Crippen molar-refractivity contribution in [1.82, 2.24) is 15.1 Å². The van der Waals surface area contributed by atoms with Crippen LogP contribution in [0, 0.1) is 5.92 Å². The zero-order chi connectivity index (χ0) is 18.7. The Morgan fingerprint density at radius 2 is 2.00 bits per heavy atom. The first-order valence-electron chi connectivity index (χ1n) is 9.50. The van der Waals surface area contributed by atoms with Crippen molar-refractivity contribution in [3.8, 4) is 5.75 Å². The van der Waals surface area contributed by atoms with E-state index in [1.165, 1.54) is 4.90 Å². The van der Waals surface area contributed by atoms with Crippen molar-refractivity contribution in [2.45, 2.75) is 51.6 Å². The highest BCUT2D eigenvalue weighted by molar-refractivity contribution is 6.07. The quantitative estimate of drug-likeness (QED) is 0.793. The van der Waals surface area contributed by atoms with Gasteiger partial charge in [-0.25, -0.2) is 9.69 Å². The van der Waals surface area contributed by atoms with Gasteiger partial charge in [0.25, 0.3) is 5.91 Å². The van der Waals surface area contributed by atoms with E-state index in [9.17, 15) is 9.59 Å². The van der Waals surface area contributed by atoms with Gasteiger partial charge in [0.1, 0.15) is 11.3 Å². The summed E-state index contributed by atoms with van der Waals surface area (Å²) in [4.78, 5) is 28.8. The van der Waals surface area contributed by atoms with Gasteiger partial charge in [-0.05, 0) is 50.4 Å². The van der Waals surface area contributed by atoms with Crippen molar-refractivity contribution in [1.29, 1.82) is 0 Å². The van der Waals surface area contributed by atoms with Gasteiger partial charge in [-0.1, -0.05) is 31.9 Å². The molecule has 1 aliphatic heterocycles. The molecule has 1 saturated carbocycles. The number of rotatable bonds is 6. The molecule has 1 aliphatic carbocycles. The molecule has 6 nitrogen and oxygen atoms in total. The van der Waals surface area contributed by atoms with Crippen LogP contribution in [0.5, 0.6) is 5.75 Å². The molecule has 1 saturated heterocycles. The number of urea groups is 1. The third-order valence-corrected chi connectivity index (χ3v) is 5.57. The van der Waals surface area contributed by atoms with Crippen LogP contribution in [0.3, 0.4) is 0 Å². The minimum Gasteiger partial charge on any atom is -0.494 e. The highest BCUT2D eigenvalue weighted by Gasteiger charge is 2.54. The van der Waals surface area contributed by atoms with Crippen LogP contribution in [0.4, 0.5) is 4.79 Å². The van der Waals surface area contributed by atoms with Gasteiger partial charge < -0.3 is 10.1 Å². The molecule has 26 heavy (non-hydrogen) atoms. The Balaban J connectivity index is 1.62. The van der Waals surface area contributed by atoms with Crippen LogP contribution in [0.2, 0.25) is 0 Å². The molecular formula is C20H29N3O3. The molecule has 1 aromatic rings. The van der Waals surface area contributed by atoms with Crippen LogP contribution in [0.25, 0.3) is 0 Å². The van der Waals surface area contributed by atoms with Gasteiger partial charge in [-0.2, -0.15) is 0 Å². The monoisotopic (exact) mass is 359 g/mol. The summed E-state index contributed by atoms with van der Waals surface area (Å²) in [5, 5.41) is 3.00. The molecule has 0 unspecified atom stereocenters. The van der Waals surface area contributed by atoms with E-state index in [2.05, 4.69) is 12.2 Å². The lowest BCUT2D eigenvalue weighted by atomic mass is 9.73. The molecule has 0 radical (unpaired) electrons. The lowest BCUT2D eigenvalue weighted by Crippen LogP contribution is -2.54. The SMILES string of the molecule is CCOc1ccc(CN(C)CN2C(=O)N[C@]3(CCCC[C@@H]3C)C2=O)cc1. The van der Waals surface area contributed by atoms with E-state index in [-0.39, 0.29) is 17.9 Å². The van der Waals surface area contributed by atoms with Crippen LogP contribution in [-0.4, -0.2) is 47.6 Å². The molecular weight excluding hydrogens is 330 g/mol. The second-order valence-corrected chi connectivity index (χ2v) is 7.51. The number of amides is 3. The molecule has 6 heteroatoms. The second kappa shape index (κ2) is 7.66. The lowest BCUT2D eigenvalue weighted by molar-refractivity contribution is -0.135. The van der Waals surface area contributed by atoms with Gasteiger partial charge in [0.2, 0.25) is 0 Å². The van der Waals surface area contributed by atoms with Crippen molar-refractivity contribution in [2.75, 3.05) is 20.3 Å². The van der Waals surface area contributed by atoms with Gasteiger partial charge in [-0.3, -0.25) is 9.69 Å². The van der Waals surface area contributed by atoms with Gasteiger partial charge in [0.15, 0.2) is 0 Å². The predicted octanol–water partition coefficient (Wildman–Crippen LogP) is 2.98. The summed E-state index contributed by atoms with van der Waals surface area (Å²) in [6.07, 6.45) is 3.86. The number of hydrogen-bond donors (Lipinski definition) is 1. The van der Waals surface area contributed by atoms with E-state index in [0.717, 1.165) is 37.0 Å². The first-order valence-corrected chi connectivity index (χ1v) is 9.50. The van der Waals surface area contributed by atoms with E-state index in [4.69, 9.17) is 4.74 Å². The van der Waals surface area contributed by atoms with E-state index in [0.29, 0.717) is 19.8 Å². The normalized spacial score (nSPS) is 25.8. The first-order chi connectivity index (χ1) is 12.5. The number of carbonyl (C=O) groups excluding carboxylic acids is 2. The maximum absolute atomic E-state index is 13.0. The number of imide groups is 1. The van der Waals surface area contributed by atoms with Crippen molar-refractivity contribution in [3.05, 3.63) is 29.8 Å². The standard InChI is InChI=1S/C20H29N3O3/c1-4-26-17-10-8-16(9-11-17)13-22(3)14-23-18(24)20(21-19(23)25)12-6-5-7-15(20)2/h8-11,15H,4-7,12-14H2,1-3H3,(H,21,25)/t15-,20-/m0/s1. The van der Waals surface area contributed by atoms with Crippen LogP contribution in [0.1, 0.15) is 45.1 Å². The maximum Gasteiger partial charge on any atom is 0.326 e. The predicted molar refractivity (Wildman–Crippen MR) is 99.7 cm³/mol. The Kier molecular flexibility index (Phi) is 5.51. The highest BCUT2D eigenvalue weighted by atomic mass is 16.5. The van der Waals surface area contributed by atoms with E-state index >= 15 is 0 Å². The first kappa shape index (κ1) is 18.7. The van der Waals surface area contributed by atoms with E-state index < -0.39 is 5.54 Å². The molecule has 1 N–H and O–H groups in total. The molecule has 1 spiro atoms. The Morgan fingerprint density at radius 1 is 1.27 bits per heavy atom. The fraction of sp³-hybridized carbons (Fsp3) is 0.600. The molecule has 1 heterocycles. The molecule has 0 bridgehead atoms. The van der Waals surface area contributed by atoms with Gasteiger partial charge >= 0.3 is 6.03 Å². The minimum absolute atomic E-state index is 0.0618. The van der Waals surface area contributed by atoms with Gasteiger partial charge in [-0.15, -0.1) is 0 Å². The molecule has 2 fully saturated rings. The van der Waals surface area contributed by atoms with Crippen molar-refractivity contribution in [3.63, 3.8) is 0 Å². The zero-order valence-electron chi connectivity index (χ0n) is 16.0. The molecule has 1 aromatic carbocycles. The summed E-state index contributed by atoms with van der Waals surface area (Å²) < 4.78 is 5.46. The number of nitrogens with one attached hydrogen (secondary N) is 1. The van der Waals surface area contributed by atoms with Crippen molar-refractivity contribution < 1.29 is 14.3 Å². The topological polar surface area (TPSA) is 61.9 Å². The summed E-state index contributed by atoms with van der Waals surface area (Å²) in [7, 11) is 1.92. The molecule has 3 rings (SSSR count). The molecule has 0 aromatic heterocycles. The van der Waals surface area contributed by atoms with Crippen LogP contribution in [0.15, 0.2) is 24.3 Å². The molecule has 2 aliphatic rings.